The number of benzene rings is 1. The first kappa shape index (κ1) is 13.7. The molecule has 2 heterocycles. The molecular formula is C14H16BrN3O2. The molecule has 0 bridgehead atoms. The minimum absolute atomic E-state index is 0.124. The maximum Gasteiger partial charge on any atom is 0.236 e. The number of nitrogens with two attached hydrogens (primary N) is 1. The molecule has 5 nitrogen and oxygen atoms in total. The standard InChI is InChI=1S/C14H16BrN3O2/c1-8-3-4-9(5-10(8)15)12-17-13(20-18-12)14(2)7-19-6-11(14)16/h3-5,11H,6-7,16H2,1-2H3. The topological polar surface area (TPSA) is 74.2 Å². The van der Waals surface area contributed by atoms with Crippen LogP contribution in [0.5, 0.6) is 0 Å². The Bertz CT molecular complexity index is 643. The zero-order valence-corrected chi connectivity index (χ0v) is 13.0. The van der Waals surface area contributed by atoms with E-state index in [4.69, 9.17) is 15.0 Å². The maximum atomic E-state index is 6.08. The molecule has 2 unspecified atom stereocenters. The average molecular weight is 338 g/mol. The van der Waals surface area contributed by atoms with Gasteiger partial charge in [-0.1, -0.05) is 33.2 Å². The normalized spacial score (nSPS) is 26.1. The van der Waals surface area contributed by atoms with Gasteiger partial charge in [0.25, 0.3) is 0 Å². The monoisotopic (exact) mass is 337 g/mol. The third-order valence-corrected chi connectivity index (χ3v) is 4.72. The van der Waals surface area contributed by atoms with Gasteiger partial charge < -0.3 is 15.0 Å². The van der Waals surface area contributed by atoms with Crippen molar-refractivity contribution in [2.45, 2.75) is 25.3 Å². The summed E-state index contributed by atoms with van der Waals surface area (Å²) in [4.78, 5) is 4.50. The highest BCUT2D eigenvalue weighted by Gasteiger charge is 2.44. The maximum absolute atomic E-state index is 6.08. The van der Waals surface area contributed by atoms with E-state index in [-0.39, 0.29) is 6.04 Å². The molecule has 2 N–H and O–H groups in total. The van der Waals surface area contributed by atoms with Crippen LogP contribution in [0.25, 0.3) is 11.4 Å². The summed E-state index contributed by atoms with van der Waals surface area (Å²) in [5.41, 5.74) is 7.74. The summed E-state index contributed by atoms with van der Waals surface area (Å²) in [5, 5.41) is 4.06. The molecule has 0 aliphatic carbocycles. The molecule has 1 aromatic heterocycles. The van der Waals surface area contributed by atoms with E-state index in [9.17, 15) is 0 Å². The molecule has 6 heteroatoms. The highest BCUT2D eigenvalue weighted by atomic mass is 79.9. The Morgan fingerprint density at radius 1 is 1.45 bits per heavy atom. The number of hydrogen-bond acceptors (Lipinski definition) is 5. The number of ether oxygens (including phenoxy) is 1. The van der Waals surface area contributed by atoms with Crippen molar-refractivity contribution in [3.8, 4) is 11.4 Å². The second-order valence-corrected chi connectivity index (χ2v) is 6.28. The van der Waals surface area contributed by atoms with Gasteiger partial charge in [0, 0.05) is 16.1 Å². The quantitative estimate of drug-likeness (QED) is 0.910. The van der Waals surface area contributed by atoms with Crippen LogP contribution in [0.15, 0.2) is 27.2 Å². The number of hydrogen-bond donors (Lipinski definition) is 1. The Morgan fingerprint density at radius 2 is 2.25 bits per heavy atom. The Hall–Kier alpha value is -1.24. The van der Waals surface area contributed by atoms with E-state index in [1.54, 1.807) is 0 Å². The second-order valence-electron chi connectivity index (χ2n) is 5.43. The van der Waals surface area contributed by atoms with Crippen LogP contribution in [0.2, 0.25) is 0 Å². The molecule has 2 atom stereocenters. The molecular weight excluding hydrogens is 322 g/mol. The Labute approximate surface area is 125 Å². The van der Waals surface area contributed by atoms with Crippen LogP contribution in [0.1, 0.15) is 18.4 Å². The lowest BCUT2D eigenvalue weighted by atomic mass is 9.86. The Morgan fingerprint density at radius 3 is 2.90 bits per heavy atom. The lowest BCUT2D eigenvalue weighted by Gasteiger charge is -2.21. The average Bonchev–Trinajstić information content (AvgIpc) is 3.02. The second kappa shape index (κ2) is 4.95. The summed E-state index contributed by atoms with van der Waals surface area (Å²) in [6, 6.07) is 5.85. The van der Waals surface area contributed by atoms with Crippen molar-refractivity contribution in [2.75, 3.05) is 13.2 Å². The van der Waals surface area contributed by atoms with Gasteiger partial charge in [0.15, 0.2) is 0 Å². The summed E-state index contributed by atoms with van der Waals surface area (Å²) in [7, 11) is 0. The first-order chi connectivity index (χ1) is 9.50. The molecule has 3 rings (SSSR count). The van der Waals surface area contributed by atoms with E-state index < -0.39 is 5.41 Å². The van der Waals surface area contributed by atoms with Crippen molar-refractivity contribution >= 4 is 15.9 Å². The minimum atomic E-state index is -0.410. The zero-order valence-electron chi connectivity index (χ0n) is 11.4. The number of rotatable bonds is 2. The highest BCUT2D eigenvalue weighted by Crippen LogP contribution is 2.32. The molecule has 1 saturated heterocycles. The molecule has 1 aromatic carbocycles. The van der Waals surface area contributed by atoms with Crippen LogP contribution >= 0.6 is 15.9 Å². The summed E-state index contributed by atoms with van der Waals surface area (Å²) in [6.45, 7) is 5.05. The fourth-order valence-corrected chi connectivity index (χ4v) is 2.59. The summed E-state index contributed by atoms with van der Waals surface area (Å²) < 4.78 is 11.8. The van der Waals surface area contributed by atoms with Crippen molar-refractivity contribution in [1.29, 1.82) is 0 Å². The van der Waals surface area contributed by atoms with E-state index >= 15 is 0 Å². The molecule has 0 radical (unpaired) electrons. The molecule has 0 spiro atoms. The van der Waals surface area contributed by atoms with Crippen molar-refractivity contribution < 1.29 is 9.26 Å². The van der Waals surface area contributed by atoms with E-state index in [0.717, 1.165) is 15.6 Å². The van der Waals surface area contributed by atoms with Crippen molar-refractivity contribution in [2.24, 2.45) is 5.73 Å². The lowest BCUT2D eigenvalue weighted by Crippen LogP contribution is -2.42. The third kappa shape index (κ3) is 2.17. The molecule has 106 valence electrons. The summed E-state index contributed by atoms with van der Waals surface area (Å²) in [6.07, 6.45) is 0. The van der Waals surface area contributed by atoms with Crippen molar-refractivity contribution in [3.05, 3.63) is 34.1 Å². The predicted molar refractivity (Wildman–Crippen MR) is 78.3 cm³/mol. The first-order valence-corrected chi connectivity index (χ1v) is 7.24. The van der Waals surface area contributed by atoms with E-state index in [0.29, 0.717) is 24.9 Å². The molecule has 1 fully saturated rings. The molecule has 0 saturated carbocycles. The van der Waals surface area contributed by atoms with Gasteiger partial charge in [-0.2, -0.15) is 4.98 Å². The SMILES string of the molecule is Cc1ccc(-c2noc(C3(C)COCC3N)n2)cc1Br. The van der Waals surface area contributed by atoms with Gasteiger partial charge in [0.1, 0.15) is 0 Å². The van der Waals surface area contributed by atoms with Crippen LogP contribution in [0.4, 0.5) is 0 Å². The van der Waals surface area contributed by atoms with Gasteiger partial charge in [-0.25, -0.2) is 0 Å². The molecule has 2 aromatic rings. The zero-order chi connectivity index (χ0) is 14.3. The van der Waals surface area contributed by atoms with Crippen LogP contribution < -0.4 is 5.73 Å². The van der Waals surface area contributed by atoms with Gasteiger partial charge in [-0.3, -0.25) is 0 Å². The van der Waals surface area contributed by atoms with Crippen LogP contribution in [0.3, 0.4) is 0 Å². The van der Waals surface area contributed by atoms with Gasteiger partial charge in [-0.15, -0.1) is 0 Å². The highest BCUT2D eigenvalue weighted by molar-refractivity contribution is 9.10. The molecule has 1 aliphatic heterocycles. The number of aryl methyl sites for hydroxylation is 1. The Kier molecular flexibility index (Phi) is 3.40. The molecule has 20 heavy (non-hydrogen) atoms. The van der Waals surface area contributed by atoms with Gasteiger partial charge in [0.2, 0.25) is 11.7 Å². The van der Waals surface area contributed by atoms with Crippen molar-refractivity contribution in [3.63, 3.8) is 0 Å². The largest absolute Gasteiger partial charge is 0.379 e. The summed E-state index contributed by atoms with van der Waals surface area (Å²) >= 11 is 3.51. The number of nitrogens with zero attached hydrogens (tertiary/aromatic N) is 2. The fourth-order valence-electron chi connectivity index (χ4n) is 2.21. The van der Waals surface area contributed by atoms with Gasteiger partial charge >= 0.3 is 0 Å². The number of halogens is 1. The minimum Gasteiger partial charge on any atom is -0.379 e. The smallest absolute Gasteiger partial charge is 0.236 e. The van der Waals surface area contributed by atoms with E-state index in [2.05, 4.69) is 26.1 Å². The van der Waals surface area contributed by atoms with Gasteiger partial charge in [-0.05, 0) is 25.5 Å². The summed E-state index contributed by atoms with van der Waals surface area (Å²) in [5.74, 6) is 1.11. The molecule has 1 aliphatic rings. The van der Waals surface area contributed by atoms with E-state index in [1.807, 2.05) is 32.0 Å². The van der Waals surface area contributed by atoms with Crippen LogP contribution in [0, 0.1) is 6.92 Å². The number of aromatic nitrogens is 2. The van der Waals surface area contributed by atoms with Crippen LogP contribution in [-0.4, -0.2) is 29.4 Å². The Balaban J connectivity index is 1.96. The van der Waals surface area contributed by atoms with E-state index in [1.165, 1.54) is 0 Å². The fraction of sp³-hybridized carbons (Fsp3) is 0.429. The van der Waals surface area contributed by atoms with Crippen molar-refractivity contribution in [1.82, 2.24) is 10.1 Å². The third-order valence-electron chi connectivity index (χ3n) is 3.86. The predicted octanol–water partition coefficient (Wildman–Crippen LogP) is 2.42. The first-order valence-electron chi connectivity index (χ1n) is 6.45. The lowest BCUT2D eigenvalue weighted by molar-refractivity contribution is 0.169. The van der Waals surface area contributed by atoms with Gasteiger partial charge in [0.05, 0.1) is 18.6 Å². The van der Waals surface area contributed by atoms with Crippen LogP contribution in [-0.2, 0) is 10.2 Å². The molecule has 0 amide bonds.